The van der Waals surface area contributed by atoms with Gasteiger partial charge in [-0.25, -0.2) is 18.2 Å². The average molecular weight is 256 g/mol. The molecule has 0 aromatic heterocycles. The third-order valence-electron chi connectivity index (χ3n) is 1.04. The number of hydrogen-bond acceptors (Lipinski definition) is 3. The van der Waals surface area contributed by atoms with Gasteiger partial charge in [0.25, 0.3) is 0 Å². The SMILES string of the molecule is CC[S+]=C(N(C)C)N(C)C.CS(=O)(=O)[O-]. The van der Waals surface area contributed by atoms with E-state index >= 15 is 0 Å². The highest BCUT2D eigenvalue weighted by Crippen LogP contribution is 1.85. The molecule has 0 rings (SSSR count). The summed E-state index contributed by atoms with van der Waals surface area (Å²) in [6, 6.07) is 0. The maximum atomic E-state index is 9.08. The lowest BCUT2D eigenvalue weighted by atomic mass is 10.8. The Labute approximate surface area is 96.8 Å². The normalized spacial score (nSPS) is 11.0. The lowest BCUT2D eigenvalue weighted by molar-refractivity contribution is 0.470. The average Bonchev–Trinajstić information content (AvgIpc) is 1.95. The summed E-state index contributed by atoms with van der Waals surface area (Å²) in [6.07, 6.45) is 0.604. The summed E-state index contributed by atoms with van der Waals surface area (Å²) >= 11 is 1.86. The van der Waals surface area contributed by atoms with Crippen LogP contribution in [0.4, 0.5) is 0 Å². The topological polar surface area (TPSA) is 63.7 Å². The third kappa shape index (κ3) is 16.6. The van der Waals surface area contributed by atoms with Crippen molar-refractivity contribution in [2.24, 2.45) is 0 Å². The minimum absolute atomic E-state index is 0.604. The number of nitrogens with zero attached hydrogens (tertiary/aromatic N) is 2. The summed E-state index contributed by atoms with van der Waals surface area (Å²) in [5.74, 6) is 1.13. The number of hydrogen-bond donors (Lipinski definition) is 0. The van der Waals surface area contributed by atoms with Crippen molar-refractivity contribution in [3.63, 3.8) is 0 Å². The molecule has 0 spiro atoms. The van der Waals surface area contributed by atoms with Crippen molar-refractivity contribution in [3.8, 4) is 0 Å². The van der Waals surface area contributed by atoms with E-state index in [4.69, 9.17) is 13.0 Å². The molecule has 0 aromatic carbocycles. The van der Waals surface area contributed by atoms with E-state index in [1.54, 1.807) is 0 Å². The fraction of sp³-hybridized carbons (Fsp3) is 0.875. The monoisotopic (exact) mass is 256 g/mol. The van der Waals surface area contributed by atoms with Crippen LogP contribution in [-0.2, 0) is 21.5 Å². The molecule has 0 amide bonds. The van der Waals surface area contributed by atoms with Crippen LogP contribution in [0, 0.1) is 0 Å². The Morgan fingerprint density at radius 2 is 1.47 bits per heavy atom. The zero-order valence-corrected chi connectivity index (χ0v) is 11.8. The van der Waals surface area contributed by atoms with Gasteiger partial charge in [-0.05, 0) is 35.1 Å². The molecule has 0 N–H and O–H groups in total. The summed E-state index contributed by atoms with van der Waals surface area (Å²) in [6.45, 7) is 2.16. The Hall–Kier alpha value is -0.0800. The van der Waals surface area contributed by atoms with E-state index in [9.17, 15) is 0 Å². The summed E-state index contributed by atoms with van der Waals surface area (Å²) < 4.78 is 27.2. The van der Waals surface area contributed by atoms with Crippen molar-refractivity contribution in [1.29, 1.82) is 0 Å². The second kappa shape index (κ2) is 8.12. The Balaban J connectivity index is 0. The van der Waals surface area contributed by atoms with E-state index in [2.05, 4.69) is 44.9 Å². The molecule has 0 saturated heterocycles. The van der Waals surface area contributed by atoms with Crippen molar-refractivity contribution in [2.45, 2.75) is 6.92 Å². The molecule has 92 valence electrons. The fourth-order valence-corrected chi connectivity index (χ4v) is 1.56. The van der Waals surface area contributed by atoms with Crippen LogP contribution >= 0.6 is 0 Å². The number of rotatable bonds is 1. The van der Waals surface area contributed by atoms with Gasteiger partial charge < -0.3 is 4.55 Å². The van der Waals surface area contributed by atoms with E-state index in [1.807, 2.05) is 11.4 Å². The Morgan fingerprint density at radius 3 is 1.53 bits per heavy atom. The van der Waals surface area contributed by atoms with Crippen LogP contribution in [0.3, 0.4) is 0 Å². The standard InChI is InChI=1S/C7H17N2S.CH4O3S/c1-6-10-7(8(2)3)9(4)5;1-5(2,3)4/h6H2,1-5H3;1H3,(H,2,3,4)/q+1;/p-1. The van der Waals surface area contributed by atoms with E-state index in [1.165, 1.54) is 5.11 Å². The van der Waals surface area contributed by atoms with Gasteiger partial charge in [0.2, 0.25) is 11.4 Å². The van der Waals surface area contributed by atoms with Crippen LogP contribution in [0.2, 0.25) is 0 Å². The molecule has 0 saturated carbocycles. The van der Waals surface area contributed by atoms with Gasteiger partial charge in [-0.15, -0.1) is 0 Å². The molecule has 0 radical (unpaired) electrons. The summed E-state index contributed by atoms with van der Waals surface area (Å²) in [5, 5.41) is 1.31. The highest BCUT2D eigenvalue weighted by molar-refractivity contribution is 7.84. The highest BCUT2D eigenvalue weighted by Gasteiger charge is 2.14. The van der Waals surface area contributed by atoms with Gasteiger partial charge >= 0.3 is 5.11 Å². The first-order chi connectivity index (χ1) is 6.59. The Morgan fingerprint density at radius 1 is 1.20 bits per heavy atom. The first-order valence-corrected chi connectivity index (χ1v) is 7.15. The predicted octanol–water partition coefficient (Wildman–Crippen LogP) is -0.539. The molecule has 0 fully saturated rings. The summed E-state index contributed by atoms with van der Waals surface area (Å²) in [4.78, 5) is 4.27. The van der Waals surface area contributed by atoms with Gasteiger partial charge in [0.1, 0.15) is 0 Å². The molecule has 5 nitrogen and oxygen atoms in total. The largest absolute Gasteiger partial charge is 0.748 e. The Kier molecular flexibility index (Phi) is 9.37. The van der Waals surface area contributed by atoms with Crippen LogP contribution in [0.15, 0.2) is 0 Å². The fourth-order valence-electron chi connectivity index (χ4n) is 0.787. The van der Waals surface area contributed by atoms with Crippen LogP contribution in [-0.4, -0.2) is 68.1 Å². The van der Waals surface area contributed by atoms with Crippen molar-refractivity contribution in [3.05, 3.63) is 0 Å². The van der Waals surface area contributed by atoms with Crippen LogP contribution in [0.25, 0.3) is 0 Å². The first kappa shape index (κ1) is 17.3. The molecule has 0 aliphatic heterocycles. The van der Waals surface area contributed by atoms with Gasteiger partial charge in [-0.3, -0.25) is 0 Å². The van der Waals surface area contributed by atoms with Gasteiger partial charge in [0, 0.05) is 6.26 Å². The second-order valence-corrected chi connectivity index (χ2v) is 5.85. The lowest BCUT2D eigenvalue weighted by Gasteiger charge is -2.10. The highest BCUT2D eigenvalue weighted by atomic mass is 32.2. The van der Waals surface area contributed by atoms with E-state index in [0.717, 1.165) is 5.75 Å². The minimum atomic E-state index is -3.92. The predicted molar refractivity (Wildman–Crippen MR) is 65.9 cm³/mol. The molecule has 0 aromatic rings. The maximum absolute atomic E-state index is 9.08. The molecule has 0 atom stereocenters. The van der Waals surface area contributed by atoms with Gasteiger partial charge in [-0.1, -0.05) is 0 Å². The van der Waals surface area contributed by atoms with Crippen LogP contribution in [0.5, 0.6) is 0 Å². The molecule has 0 aliphatic rings. The maximum Gasteiger partial charge on any atom is 0.324 e. The molecule has 0 unspecified atom stereocenters. The quantitative estimate of drug-likeness (QED) is 0.358. The second-order valence-electron chi connectivity index (χ2n) is 3.21. The molecule has 7 heteroatoms. The van der Waals surface area contributed by atoms with Crippen molar-refractivity contribution < 1.29 is 13.0 Å². The molecular weight excluding hydrogens is 236 g/mol. The Bertz CT molecular complexity index is 266. The van der Waals surface area contributed by atoms with Gasteiger partial charge in [-0.2, -0.15) is 0 Å². The van der Waals surface area contributed by atoms with Gasteiger partial charge in [0.15, 0.2) is 5.75 Å². The summed E-state index contributed by atoms with van der Waals surface area (Å²) in [5.41, 5.74) is 0. The smallest absolute Gasteiger partial charge is 0.324 e. The molecule has 0 aliphatic carbocycles. The lowest BCUT2D eigenvalue weighted by Crippen LogP contribution is -2.36. The molecule has 0 heterocycles. The third-order valence-corrected chi connectivity index (χ3v) is 2.32. The van der Waals surface area contributed by atoms with Crippen LogP contribution in [0.1, 0.15) is 6.92 Å². The minimum Gasteiger partial charge on any atom is -0.748 e. The van der Waals surface area contributed by atoms with E-state index in [0.29, 0.717) is 6.26 Å². The summed E-state index contributed by atoms with van der Waals surface area (Å²) in [7, 11) is 4.35. The molecule has 0 bridgehead atoms. The van der Waals surface area contributed by atoms with Crippen molar-refractivity contribution >= 4 is 26.6 Å². The van der Waals surface area contributed by atoms with Crippen LogP contribution < -0.4 is 0 Å². The molecule has 15 heavy (non-hydrogen) atoms. The zero-order chi connectivity index (χ0) is 12.6. The first-order valence-electron chi connectivity index (χ1n) is 4.34. The zero-order valence-electron chi connectivity index (χ0n) is 10.1. The van der Waals surface area contributed by atoms with Crippen molar-refractivity contribution in [1.82, 2.24) is 9.80 Å². The van der Waals surface area contributed by atoms with Crippen molar-refractivity contribution in [2.75, 3.05) is 40.2 Å². The van der Waals surface area contributed by atoms with E-state index in [-0.39, 0.29) is 0 Å². The molecular formula is C8H20N2O3S2. The van der Waals surface area contributed by atoms with E-state index < -0.39 is 10.1 Å². The van der Waals surface area contributed by atoms with Gasteiger partial charge in [0.05, 0.1) is 10.1 Å².